The number of carbonyl (C=O) groups is 2. The highest BCUT2D eigenvalue weighted by Crippen LogP contribution is 2.23. The van der Waals surface area contributed by atoms with Crippen molar-refractivity contribution < 1.29 is 19.1 Å². The number of likely N-dealkylation sites (tertiary alicyclic amines) is 1. The lowest BCUT2D eigenvalue weighted by Gasteiger charge is -2.32. The number of nitrogens with zero attached hydrogens (tertiary/aromatic N) is 2. The van der Waals surface area contributed by atoms with Crippen molar-refractivity contribution in [2.75, 3.05) is 32.1 Å². The Morgan fingerprint density at radius 1 is 0.841 bits per heavy atom. The van der Waals surface area contributed by atoms with E-state index < -0.39 is 0 Å². The Hall–Kier alpha value is -4.95. The molecule has 2 N–H and O–H groups in total. The van der Waals surface area contributed by atoms with E-state index in [0.29, 0.717) is 22.7 Å². The average molecular weight is 591 g/mol. The Kier molecular flexibility index (Phi) is 10.7. The predicted octanol–water partition coefficient (Wildman–Crippen LogP) is 5.93. The van der Waals surface area contributed by atoms with Crippen molar-refractivity contribution in [2.45, 2.75) is 25.8 Å². The largest absolute Gasteiger partial charge is 0.497 e. The number of methoxy groups -OCH3 is 1. The van der Waals surface area contributed by atoms with E-state index in [1.54, 1.807) is 61.9 Å². The average Bonchev–Trinajstić information content (AvgIpc) is 3.06. The first kappa shape index (κ1) is 30.5. The van der Waals surface area contributed by atoms with Gasteiger partial charge in [0.25, 0.3) is 11.8 Å². The molecule has 0 bridgehead atoms. The van der Waals surface area contributed by atoms with E-state index >= 15 is 0 Å². The van der Waals surface area contributed by atoms with Gasteiger partial charge in [-0.05, 0) is 116 Å². The van der Waals surface area contributed by atoms with E-state index in [2.05, 4.69) is 51.1 Å². The Balaban J connectivity index is 1.00. The van der Waals surface area contributed by atoms with Crippen LogP contribution in [-0.2, 0) is 17.8 Å². The summed E-state index contributed by atoms with van der Waals surface area (Å²) in [5.41, 5.74) is 7.22. The molecule has 8 nitrogen and oxygen atoms in total. The van der Waals surface area contributed by atoms with Gasteiger partial charge in [0.1, 0.15) is 11.5 Å². The first-order valence-electron chi connectivity index (χ1n) is 14.9. The summed E-state index contributed by atoms with van der Waals surface area (Å²) >= 11 is 0. The minimum absolute atomic E-state index is 0.123. The molecular weight excluding hydrogens is 552 g/mol. The summed E-state index contributed by atoms with van der Waals surface area (Å²) in [6.45, 7) is 2.97. The fraction of sp³-hybridized carbons (Fsp3) is 0.250. The summed E-state index contributed by atoms with van der Waals surface area (Å²) in [6, 6.07) is 32.6. The van der Waals surface area contributed by atoms with Crippen LogP contribution in [0.25, 0.3) is 0 Å². The fourth-order valence-corrected chi connectivity index (χ4v) is 5.22. The van der Waals surface area contributed by atoms with Crippen LogP contribution >= 0.6 is 0 Å². The van der Waals surface area contributed by atoms with Crippen LogP contribution in [0.4, 0.5) is 5.69 Å². The number of rotatable bonds is 12. The highest BCUT2D eigenvalue weighted by atomic mass is 16.5. The summed E-state index contributed by atoms with van der Waals surface area (Å²) in [5, 5.41) is 6.86. The van der Waals surface area contributed by atoms with Crippen molar-refractivity contribution in [1.82, 2.24) is 10.3 Å². The number of carbonyl (C=O) groups excluding carboxylic acids is 2. The molecule has 0 spiro atoms. The summed E-state index contributed by atoms with van der Waals surface area (Å²) in [7, 11) is 1.59. The highest BCUT2D eigenvalue weighted by Gasteiger charge is 2.19. The second-order valence-corrected chi connectivity index (χ2v) is 10.9. The van der Waals surface area contributed by atoms with Crippen molar-refractivity contribution >= 4 is 23.7 Å². The van der Waals surface area contributed by atoms with Gasteiger partial charge in [-0.25, -0.2) is 5.43 Å². The molecule has 226 valence electrons. The first-order chi connectivity index (χ1) is 21.5. The highest BCUT2D eigenvalue weighted by molar-refractivity contribution is 5.95. The van der Waals surface area contributed by atoms with Crippen LogP contribution in [0.15, 0.2) is 108 Å². The Bertz CT molecular complexity index is 1510. The lowest BCUT2D eigenvalue weighted by Crippen LogP contribution is -2.33. The number of nitrogens with one attached hydrogen (secondary N) is 2. The molecule has 0 radical (unpaired) electrons. The molecule has 1 fully saturated rings. The van der Waals surface area contributed by atoms with Gasteiger partial charge in [0, 0.05) is 17.8 Å². The monoisotopic (exact) mass is 590 g/mol. The molecule has 4 aromatic carbocycles. The number of benzene rings is 4. The second-order valence-electron chi connectivity index (χ2n) is 10.9. The molecule has 0 aliphatic carbocycles. The molecule has 4 aromatic rings. The van der Waals surface area contributed by atoms with Crippen molar-refractivity contribution in [3.05, 3.63) is 125 Å². The third kappa shape index (κ3) is 9.28. The van der Waals surface area contributed by atoms with E-state index in [-0.39, 0.29) is 18.4 Å². The maximum atomic E-state index is 12.6. The number of ether oxygens (including phenoxy) is 2. The number of hydrogen-bond donors (Lipinski definition) is 2. The van der Waals surface area contributed by atoms with Crippen molar-refractivity contribution in [3.63, 3.8) is 0 Å². The molecule has 1 aliphatic heterocycles. The van der Waals surface area contributed by atoms with Crippen molar-refractivity contribution in [1.29, 1.82) is 0 Å². The molecule has 0 saturated carbocycles. The standard InChI is InChI=1S/C36H38N4O4/c1-43-33-17-13-32(14-18-33)38-35(41)26-44-34-15-9-29(10-16-34)24-37-39-36(42)31-11-7-30(8-12-31)25-40-21-19-28(20-22-40)23-27-5-3-2-4-6-27/h2-18,24,28H,19-23,25-26H2,1H3,(H,38,41)(H,39,42)/b37-24-. The Morgan fingerprint density at radius 2 is 1.52 bits per heavy atom. The van der Waals surface area contributed by atoms with Gasteiger partial charge >= 0.3 is 0 Å². The molecule has 8 heteroatoms. The Labute approximate surface area is 258 Å². The lowest BCUT2D eigenvalue weighted by atomic mass is 9.90. The molecule has 1 heterocycles. The van der Waals surface area contributed by atoms with E-state index in [0.717, 1.165) is 37.5 Å². The number of amides is 2. The number of hydrogen-bond acceptors (Lipinski definition) is 6. The number of hydrazone groups is 1. The zero-order chi connectivity index (χ0) is 30.6. The molecule has 44 heavy (non-hydrogen) atoms. The zero-order valence-corrected chi connectivity index (χ0v) is 24.9. The second kappa shape index (κ2) is 15.5. The molecule has 2 amide bonds. The van der Waals surface area contributed by atoms with Gasteiger partial charge in [0.05, 0.1) is 13.3 Å². The molecule has 5 rings (SSSR count). The molecule has 0 unspecified atom stereocenters. The maximum absolute atomic E-state index is 12.6. The number of anilines is 1. The molecule has 1 saturated heterocycles. The predicted molar refractivity (Wildman–Crippen MR) is 173 cm³/mol. The smallest absolute Gasteiger partial charge is 0.271 e. The van der Waals surface area contributed by atoms with Gasteiger partial charge in [-0.1, -0.05) is 42.5 Å². The third-order valence-electron chi connectivity index (χ3n) is 7.70. The van der Waals surface area contributed by atoms with Crippen LogP contribution in [0.2, 0.25) is 0 Å². The lowest BCUT2D eigenvalue weighted by molar-refractivity contribution is -0.118. The summed E-state index contributed by atoms with van der Waals surface area (Å²) in [4.78, 5) is 27.3. The topological polar surface area (TPSA) is 92.3 Å². The van der Waals surface area contributed by atoms with Crippen LogP contribution in [0.3, 0.4) is 0 Å². The first-order valence-corrected chi connectivity index (χ1v) is 14.9. The van der Waals surface area contributed by atoms with Gasteiger partial charge < -0.3 is 14.8 Å². The fourth-order valence-electron chi connectivity index (χ4n) is 5.22. The molecule has 1 aliphatic rings. The van der Waals surface area contributed by atoms with E-state index in [1.165, 1.54) is 24.0 Å². The zero-order valence-electron chi connectivity index (χ0n) is 24.9. The van der Waals surface area contributed by atoms with E-state index in [9.17, 15) is 9.59 Å². The quantitative estimate of drug-likeness (QED) is 0.158. The van der Waals surface area contributed by atoms with Crippen LogP contribution in [-0.4, -0.2) is 49.7 Å². The van der Waals surface area contributed by atoms with Gasteiger partial charge in [-0.3, -0.25) is 14.5 Å². The third-order valence-corrected chi connectivity index (χ3v) is 7.70. The van der Waals surface area contributed by atoms with Gasteiger partial charge in [-0.15, -0.1) is 0 Å². The van der Waals surface area contributed by atoms with Gasteiger partial charge in [0.2, 0.25) is 0 Å². The van der Waals surface area contributed by atoms with Crippen molar-refractivity contribution in [2.24, 2.45) is 11.0 Å². The normalized spacial score (nSPS) is 13.8. The van der Waals surface area contributed by atoms with Crippen LogP contribution < -0.4 is 20.2 Å². The van der Waals surface area contributed by atoms with Crippen LogP contribution in [0, 0.1) is 5.92 Å². The number of piperidine rings is 1. The van der Waals surface area contributed by atoms with Crippen LogP contribution in [0.1, 0.15) is 39.9 Å². The molecule has 0 atom stereocenters. The van der Waals surface area contributed by atoms with Gasteiger partial charge in [0.15, 0.2) is 6.61 Å². The summed E-state index contributed by atoms with van der Waals surface area (Å²) in [6.07, 6.45) is 5.15. The minimum Gasteiger partial charge on any atom is -0.497 e. The summed E-state index contributed by atoms with van der Waals surface area (Å²) in [5.74, 6) is 1.48. The Morgan fingerprint density at radius 3 is 2.20 bits per heavy atom. The molecular formula is C36H38N4O4. The van der Waals surface area contributed by atoms with Crippen molar-refractivity contribution in [3.8, 4) is 11.5 Å². The van der Waals surface area contributed by atoms with Gasteiger partial charge in [-0.2, -0.15) is 5.10 Å². The van der Waals surface area contributed by atoms with E-state index in [4.69, 9.17) is 9.47 Å². The van der Waals surface area contributed by atoms with E-state index in [1.807, 2.05) is 24.3 Å². The molecule has 0 aromatic heterocycles. The SMILES string of the molecule is COc1ccc(NC(=O)COc2ccc(/C=N\NC(=O)c3ccc(CN4CCC(Cc5ccccc5)CC4)cc3)cc2)cc1. The van der Waals surface area contributed by atoms with Crippen LogP contribution in [0.5, 0.6) is 11.5 Å². The maximum Gasteiger partial charge on any atom is 0.271 e. The minimum atomic E-state index is -0.268. The summed E-state index contributed by atoms with van der Waals surface area (Å²) < 4.78 is 10.7.